The average Bonchev–Trinajstić information content (AvgIpc) is 2.99. The number of aryl methyl sites for hydroxylation is 2. The molecule has 10 heteroatoms. The minimum Gasteiger partial charge on any atom is -0.326 e. The molecule has 0 radical (unpaired) electrons. The van der Waals surface area contributed by atoms with E-state index in [9.17, 15) is 17.6 Å². The summed E-state index contributed by atoms with van der Waals surface area (Å²) in [5.74, 6) is -1.01. The summed E-state index contributed by atoms with van der Waals surface area (Å²) in [7, 11) is -3.84. The smallest absolute Gasteiger partial charge is 0.242 e. The number of aromatic nitrogens is 2. The van der Waals surface area contributed by atoms with Crippen LogP contribution in [-0.4, -0.2) is 30.7 Å². The quantitative estimate of drug-likeness (QED) is 0.575. The first-order valence-electron chi connectivity index (χ1n) is 9.04. The van der Waals surface area contributed by atoms with Crippen LogP contribution in [0.15, 0.2) is 53.4 Å². The number of nitrogens with one attached hydrogen (secondary N) is 2. The van der Waals surface area contributed by atoms with Crippen molar-refractivity contribution < 1.29 is 17.6 Å². The van der Waals surface area contributed by atoms with Gasteiger partial charge in [-0.05, 0) is 50.2 Å². The summed E-state index contributed by atoms with van der Waals surface area (Å²) in [6.45, 7) is 3.50. The molecule has 1 aromatic heterocycles. The molecule has 7 nitrogen and oxygen atoms in total. The first-order valence-corrected chi connectivity index (χ1v) is 10.9. The van der Waals surface area contributed by atoms with Gasteiger partial charge in [-0.1, -0.05) is 23.7 Å². The van der Waals surface area contributed by atoms with Gasteiger partial charge in [0.1, 0.15) is 10.6 Å². The summed E-state index contributed by atoms with van der Waals surface area (Å²) >= 11 is 5.90. The monoisotopic (exact) mass is 450 g/mol. The van der Waals surface area contributed by atoms with Crippen LogP contribution in [0.25, 0.3) is 5.69 Å². The predicted octanol–water partition coefficient (Wildman–Crippen LogP) is 3.59. The second-order valence-corrected chi connectivity index (χ2v) is 8.77. The highest BCUT2D eigenvalue weighted by Crippen LogP contribution is 2.21. The van der Waals surface area contributed by atoms with E-state index in [-0.39, 0.29) is 34.3 Å². The Labute approximate surface area is 178 Å². The van der Waals surface area contributed by atoms with Crippen molar-refractivity contribution in [1.29, 1.82) is 0 Å². The van der Waals surface area contributed by atoms with Crippen LogP contribution in [0.3, 0.4) is 0 Å². The molecule has 1 amide bonds. The molecule has 0 bridgehead atoms. The Balaban J connectivity index is 1.59. The summed E-state index contributed by atoms with van der Waals surface area (Å²) in [5.41, 5.74) is 2.08. The molecule has 3 aromatic rings. The van der Waals surface area contributed by atoms with Crippen LogP contribution in [0.5, 0.6) is 0 Å². The number of sulfonamides is 1. The maximum Gasteiger partial charge on any atom is 0.242 e. The summed E-state index contributed by atoms with van der Waals surface area (Å²) in [6, 6.07) is 12.1. The molecule has 0 spiro atoms. The van der Waals surface area contributed by atoms with Gasteiger partial charge in [0.25, 0.3) is 0 Å². The van der Waals surface area contributed by atoms with Crippen molar-refractivity contribution in [3.8, 4) is 5.69 Å². The Bertz CT molecular complexity index is 1190. The molecule has 0 unspecified atom stereocenters. The van der Waals surface area contributed by atoms with Gasteiger partial charge in [0.2, 0.25) is 15.9 Å². The third-order valence-corrected chi connectivity index (χ3v) is 6.20. The number of rotatable bonds is 7. The van der Waals surface area contributed by atoms with E-state index in [1.54, 1.807) is 18.2 Å². The Hall–Kier alpha value is -2.75. The van der Waals surface area contributed by atoms with Crippen molar-refractivity contribution in [1.82, 2.24) is 14.5 Å². The van der Waals surface area contributed by atoms with Crippen LogP contribution in [-0.2, 0) is 14.8 Å². The van der Waals surface area contributed by atoms with Crippen molar-refractivity contribution in [2.24, 2.45) is 0 Å². The molecule has 0 fully saturated rings. The van der Waals surface area contributed by atoms with Crippen LogP contribution in [0, 0.1) is 19.7 Å². The Kier molecular flexibility index (Phi) is 6.55. The minimum absolute atomic E-state index is 0.0612. The maximum atomic E-state index is 14.5. The minimum atomic E-state index is -3.84. The summed E-state index contributed by atoms with van der Waals surface area (Å²) in [5, 5.41) is 6.88. The Morgan fingerprint density at radius 2 is 1.90 bits per heavy atom. The predicted molar refractivity (Wildman–Crippen MR) is 113 cm³/mol. The third-order valence-electron chi connectivity index (χ3n) is 4.24. The molecular weight excluding hydrogens is 431 g/mol. The van der Waals surface area contributed by atoms with Gasteiger partial charge in [-0.2, -0.15) is 5.10 Å². The highest BCUT2D eigenvalue weighted by molar-refractivity contribution is 7.89. The number of nitrogens with zero attached hydrogens (tertiary/aromatic N) is 2. The molecular formula is C20H20ClFN4O3S. The van der Waals surface area contributed by atoms with Gasteiger partial charge in [-0.15, -0.1) is 0 Å². The molecule has 3 rings (SSSR count). The normalized spacial score (nSPS) is 11.5. The number of benzene rings is 2. The summed E-state index contributed by atoms with van der Waals surface area (Å²) in [6.07, 6.45) is -0.134. The number of anilines is 1. The fraction of sp³-hybridized carbons (Fsp3) is 0.200. The lowest BCUT2D eigenvalue weighted by Crippen LogP contribution is -2.28. The van der Waals surface area contributed by atoms with E-state index in [4.69, 9.17) is 11.6 Å². The molecule has 0 atom stereocenters. The van der Waals surface area contributed by atoms with Crippen LogP contribution < -0.4 is 10.0 Å². The maximum absolute atomic E-state index is 14.5. The van der Waals surface area contributed by atoms with Gasteiger partial charge in [-0.25, -0.2) is 22.2 Å². The van der Waals surface area contributed by atoms with Gasteiger partial charge in [0, 0.05) is 24.3 Å². The van der Waals surface area contributed by atoms with Gasteiger partial charge in [-0.3, -0.25) is 4.79 Å². The number of amides is 1. The van der Waals surface area contributed by atoms with E-state index in [1.807, 2.05) is 19.9 Å². The first-order chi connectivity index (χ1) is 14.2. The SMILES string of the molecule is Cc1cc(C)n(-c2ccc(NC(=O)CCNS(=O)(=O)c3ccccc3Cl)cc2F)n1. The van der Waals surface area contributed by atoms with E-state index in [0.29, 0.717) is 0 Å². The molecule has 0 aliphatic heterocycles. The highest BCUT2D eigenvalue weighted by Gasteiger charge is 2.17. The van der Waals surface area contributed by atoms with E-state index in [1.165, 1.54) is 28.9 Å². The highest BCUT2D eigenvalue weighted by atomic mass is 35.5. The van der Waals surface area contributed by atoms with E-state index < -0.39 is 21.7 Å². The fourth-order valence-electron chi connectivity index (χ4n) is 2.89. The first kappa shape index (κ1) is 21.9. The second kappa shape index (κ2) is 8.95. The summed E-state index contributed by atoms with van der Waals surface area (Å²) in [4.78, 5) is 12.1. The second-order valence-electron chi connectivity index (χ2n) is 6.63. The lowest BCUT2D eigenvalue weighted by Gasteiger charge is -2.10. The van der Waals surface area contributed by atoms with Crippen LogP contribution >= 0.6 is 11.6 Å². The fourth-order valence-corrected chi connectivity index (χ4v) is 4.44. The average molecular weight is 451 g/mol. The molecule has 2 aromatic carbocycles. The third kappa shape index (κ3) is 5.05. The van der Waals surface area contributed by atoms with E-state index in [2.05, 4.69) is 15.1 Å². The lowest BCUT2D eigenvalue weighted by atomic mass is 10.2. The van der Waals surface area contributed by atoms with Gasteiger partial charge < -0.3 is 5.32 Å². The van der Waals surface area contributed by atoms with Crippen LogP contribution in [0.4, 0.5) is 10.1 Å². The molecule has 0 saturated carbocycles. The zero-order valence-corrected chi connectivity index (χ0v) is 17.9. The zero-order chi connectivity index (χ0) is 21.9. The van der Waals surface area contributed by atoms with Gasteiger partial charge in [0.15, 0.2) is 5.82 Å². The Morgan fingerprint density at radius 1 is 1.17 bits per heavy atom. The number of hydrogen-bond donors (Lipinski definition) is 2. The van der Waals surface area contributed by atoms with Crippen LogP contribution in [0.2, 0.25) is 5.02 Å². The number of halogens is 2. The van der Waals surface area contributed by atoms with E-state index in [0.717, 1.165) is 11.4 Å². The van der Waals surface area contributed by atoms with Crippen molar-refractivity contribution in [2.45, 2.75) is 25.2 Å². The number of carbonyl (C=O) groups excluding carboxylic acids is 1. The van der Waals surface area contributed by atoms with Gasteiger partial charge >= 0.3 is 0 Å². The molecule has 1 heterocycles. The van der Waals surface area contributed by atoms with Crippen molar-refractivity contribution in [3.05, 3.63) is 70.8 Å². The molecule has 0 saturated heterocycles. The van der Waals surface area contributed by atoms with Crippen molar-refractivity contribution in [2.75, 3.05) is 11.9 Å². The Morgan fingerprint density at radius 3 is 2.53 bits per heavy atom. The molecule has 2 N–H and O–H groups in total. The van der Waals surface area contributed by atoms with Crippen molar-refractivity contribution in [3.63, 3.8) is 0 Å². The molecule has 30 heavy (non-hydrogen) atoms. The van der Waals surface area contributed by atoms with Gasteiger partial charge in [0.05, 0.1) is 10.7 Å². The van der Waals surface area contributed by atoms with Crippen LogP contribution in [0.1, 0.15) is 17.8 Å². The van der Waals surface area contributed by atoms with Crippen molar-refractivity contribution >= 4 is 33.2 Å². The topological polar surface area (TPSA) is 93.1 Å². The standard InChI is InChI=1S/C20H20ClFN4O3S/c1-13-11-14(2)26(25-13)18-8-7-15(12-17(18)22)24-20(27)9-10-23-30(28,29)19-6-4-3-5-16(19)21/h3-8,11-12,23H,9-10H2,1-2H3,(H,24,27). The summed E-state index contributed by atoms with van der Waals surface area (Å²) < 4.78 is 42.8. The van der Waals surface area contributed by atoms with E-state index >= 15 is 0 Å². The molecule has 0 aliphatic carbocycles. The molecule has 0 aliphatic rings. The lowest BCUT2D eigenvalue weighted by molar-refractivity contribution is -0.116. The largest absolute Gasteiger partial charge is 0.326 e. The number of hydrogen-bond acceptors (Lipinski definition) is 4. The zero-order valence-electron chi connectivity index (χ0n) is 16.3. The molecule has 158 valence electrons. The number of carbonyl (C=O) groups is 1.